The number of rotatable bonds is 6. The van der Waals surface area contributed by atoms with E-state index in [1.54, 1.807) is 18.2 Å². The molecule has 4 nitrogen and oxygen atoms in total. The quantitative estimate of drug-likeness (QED) is 0.696. The number of benzene rings is 2. The number of hydrogen-bond acceptors (Lipinski definition) is 4. The molecule has 1 heterocycles. The normalized spacial score (nSPS) is 16.6. The highest BCUT2D eigenvalue weighted by Crippen LogP contribution is 2.21. The van der Waals surface area contributed by atoms with Crippen molar-refractivity contribution in [1.82, 2.24) is 9.80 Å². The monoisotopic (exact) mass is 432 g/mol. The zero-order chi connectivity index (χ0) is 20.3. The van der Waals surface area contributed by atoms with E-state index in [1.807, 2.05) is 0 Å². The number of hydrogen-bond donors (Lipinski definition) is 0. The predicted molar refractivity (Wildman–Crippen MR) is 102 cm³/mol. The fourth-order valence-corrected chi connectivity index (χ4v) is 4.09. The summed E-state index contributed by atoms with van der Waals surface area (Å²) >= 11 is 6.08. The second kappa shape index (κ2) is 8.82. The molecular formula is C19H20ClF3N2O2S. The van der Waals surface area contributed by atoms with Crippen LogP contribution < -0.4 is 0 Å². The van der Waals surface area contributed by atoms with Gasteiger partial charge in [-0.1, -0.05) is 29.8 Å². The van der Waals surface area contributed by atoms with E-state index in [1.165, 1.54) is 24.3 Å². The molecule has 0 atom stereocenters. The first-order chi connectivity index (χ1) is 13.3. The maximum absolute atomic E-state index is 13.1. The Bertz CT molecular complexity index is 915. The summed E-state index contributed by atoms with van der Waals surface area (Å²) in [5.74, 6) is -3.77. The van der Waals surface area contributed by atoms with Crippen LogP contribution in [0, 0.1) is 5.82 Å². The van der Waals surface area contributed by atoms with Crippen molar-refractivity contribution in [2.45, 2.75) is 23.7 Å². The Kier molecular flexibility index (Phi) is 6.65. The third kappa shape index (κ3) is 5.05. The molecule has 2 aromatic carbocycles. The summed E-state index contributed by atoms with van der Waals surface area (Å²) in [6, 6.07) is 9.99. The minimum absolute atomic E-state index is 0.356. The van der Waals surface area contributed by atoms with E-state index in [0.717, 1.165) is 37.3 Å². The molecule has 28 heavy (non-hydrogen) atoms. The second-order valence-corrected chi connectivity index (χ2v) is 9.06. The summed E-state index contributed by atoms with van der Waals surface area (Å²) in [5, 5.41) is 0.418. The van der Waals surface area contributed by atoms with E-state index < -0.39 is 15.6 Å². The summed E-state index contributed by atoms with van der Waals surface area (Å²) in [6.45, 7) is 4.48. The molecule has 9 heteroatoms. The van der Waals surface area contributed by atoms with Crippen LogP contribution in [0.25, 0.3) is 0 Å². The van der Waals surface area contributed by atoms with Crippen molar-refractivity contribution in [1.29, 1.82) is 0 Å². The van der Waals surface area contributed by atoms with Crippen molar-refractivity contribution in [2.24, 2.45) is 0 Å². The number of nitrogens with zero attached hydrogens (tertiary/aromatic N) is 2. The lowest BCUT2D eigenvalue weighted by Gasteiger charge is -2.34. The highest BCUT2D eigenvalue weighted by molar-refractivity contribution is 7.91. The Morgan fingerprint density at radius 3 is 2.04 bits per heavy atom. The summed E-state index contributed by atoms with van der Waals surface area (Å²) < 4.78 is 61.2. The minimum atomic E-state index is -4.56. The average molecular weight is 433 g/mol. The molecule has 1 saturated heterocycles. The first-order valence-corrected chi connectivity index (χ1v) is 10.7. The van der Waals surface area contributed by atoms with Gasteiger partial charge in [0.1, 0.15) is 5.82 Å². The molecule has 1 aliphatic heterocycles. The second-order valence-electron chi connectivity index (χ2n) is 6.74. The van der Waals surface area contributed by atoms with Gasteiger partial charge in [0, 0.05) is 44.3 Å². The van der Waals surface area contributed by atoms with Crippen molar-refractivity contribution in [3.63, 3.8) is 0 Å². The molecule has 1 fully saturated rings. The molecule has 0 bridgehead atoms. The van der Waals surface area contributed by atoms with Crippen LogP contribution in [0.1, 0.15) is 11.1 Å². The third-order valence-corrected chi connectivity index (χ3v) is 6.52. The smallest absolute Gasteiger partial charge is 0.297 e. The van der Waals surface area contributed by atoms with Crippen LogP contribution in [-0.4, -0.2) is 50.2 Å². The highest BCUT2D eigenvalue weighted by Gasteiger charge is 2.26. The summed E-state index contributed by atoms with van der Waals surface area (Å²) in [5.41, 5.74) is 1.75. The lowest BCUT2D eigenvalue weighted by atomic mass is 10.1. The van der Waals surface area contributed by atoms with E-state index in [4.69, 9.17) is 11.6 Å². The van der Waals surface area contributed by atoms with Gasteiger partial charge in [-0.15, -0.1) is 0 Å². The Balaban J connectivity index is 1.53. The first kappa shape index (κ1) is 21.1. The predicted octanol–water partition coefficient (Wildman–Crippen LogP) is 3.79. The summed E-state index contributed by atoms with van der Waals surface area (Å²) in [6.07, 6.45) is 0. The molecule has 152 valence electrons. The lowest BCUT2D eigenvalue weighted by molar-refractivity contribution is 0.122. The molecule has 0 unspecified atom stereocenters. The van der Waals surface area contributed by atoms with Gasteiger partial charge < -0.3 is 0 Å². The summed E-state index contributed by atoms with van der Waals surface area (Å²) in [7, 11) is -4.56. The molecule has 0 N–H and O–H groups in total. The van der Waals surface area contributed by atoms with Gasteiger partial charge in [0.15, 0.2) is 0 Å². The molecule has 2 aromatic rings. The lowest BCUT2D eigenvalue weighted by Crippen LogP contribution is -2.45. The van der Waals surface area contributed by atoms with Crippen molar-refractivity contribution >= 4 is 21.4 Å². The SMILES string of the molecule is O=S(=O)(c1ccc(CN2CCN(Cc3ccc(F)cc3Cl)CC2)cc1)C(F)F. The van der Waals surface area contributed by atoms with E-state index in [2.05, 4.69) is 9.80 Å². The summed E-state index contributed by atoms with van der Waals surface area (Å²) in [4.78, 5) is 4.07. The van der Waals surface area contributed by atoms with E-state index in [0.29, 0.717) is 18.1 Å². The largest absolute Gasteiger partial charge is 0.341 e. The maximum Gasteiger partial charge on any atom is 0.341 e. The number of halogens is 4. The van der Waals surface area contributed by atoms with Crippen molar-refractivity contribution in [2.75, 3.05) is 26.2 Å². The highest BCUT2D eigenvalue weighted by atomic mass is 35.5. The van der Waals surface area contributed by atoms with Crippen LogP contribution >= 0.6 is 11.6 Å². The van der Waals surface area contributed by atoms with Gasteiger partial charge in [-0.2, -0.15) is 8.78 Å². The van der Waals surface area contributed by atoms with E-state index in [9.17, 15) is 21.6 Å². The maximum atomic E-state index is 13.1. The molecule has 0 aromatic heterocycles. The number of alkyl halides is 2. The molecule has 0 spiro atoms. The minimum Gasteiger partial charge on any atom is -0.297 e. The Labute approximate surface area is 167 Å². The first-order valence-electron chi connectivity index (χ1n) is 8.75. The van der Waals surface area contributed by atoms with Gasteiger partial charge in [0.05, 0.1) is 4.90 Å². The topological polar surface area (TPSA) is 40.6 Å². The van der Waals surface area contributed by atoms with Gasteiger partial charge in [-0.3, -0.25) is 9.80 Å². The van der Waals surface area contributed by atoms with Crippen LogP contribution in [0.3, 0.4) is 0 Å². The zero-order valence-electron chi connectivity index (χ0n) is 15.0. The van der Waals surface area contributed by atoms with Crippen molar-refractivity contribution < 1.29 is 21.6 Å². The van der Waals surface area contributed by atoms with Crippen molar-refractivity contribution in [3.05, 3.63) is 64.4 Å². The van der Waals surface area contributed by atoms with Gasteiger partial charge in [0.2, 0.25) is 9.84 Å². The van der Waals surface area contributed by atoms with Gasteiger partial charge >= 0.3 is 5.76 Å². The van der Waals surface area contributed by atoms with Crippen LogP contribution in [0.4, 0.5) is 13.2 Å². The van der Waals surface area contributed by atoms with Crippen LogP contribution in [0.5, 0.6) is 0 Å². The van der Waals surface area contributed by atoms with Gasteiger partial charge in [-0.25, -0.2) is 12.8 Å². The standard InChI is InChI=1S/C19H20ClF3N2O2S/c20-18-11-16(21)4-3-15(18)13-25-9-7-24(8-10-25)12-14-1-5-17(6-2-14)28(26,27)19(22)23/h1-6,11,19H,7-10,12-13H2. The van der Waals surface area contributed by atoms with Crippen LogP contribution in [0.2, 0.25) is 5.02 Å². The molecule has 3 rings (SSSR count). The fraction of sp³-hybridized carbons (Fsp3) is 0.368. The number of piperazine rings is 1. The van der Waals surface area contributed by atoms with Crippen LogP contribution in [-0.2, 0) is 22.9 Å². The molecular weight excluding hydrogens is 413 g/mol. The fourth-order valence-electron chi connectivity index (χ4n) is 3.14. The van der Waals surface area contributed by atoms with E-state index >= 15 is 0 Å². The molecule has 0 radical (unpaired) electrons. The Hall–Kier alpha value is -1.61. The molecule has 0 aliphatic carbocycles. The Morgan fingerprint density at radius 2 is 1.50 bits per heavy atom. The van der Waals surface area contributed by atoms with E-state index in [-0.39, 0.29) is 10.7 Å². The van der Waals surface area contributed by atoms with Crippen LogP contribution in [0.15, 0.2) is 47.4 Å². The molecule has 0 amide bonds. The Morgan fingerprint density at radius 1 is 0.929 bits per heavy atom. The third-order valence-electron chi connectivity index (χ3n) is 4.77. The van der Waals surface area contributed by atoms with Crippen molar-refractivity contribution in [3.8, 4) is 0 Å². The van der Waals surface area contributed by atoms with Gasteiger partial charge in [-0.05, 0) is 35.4 Å². The average Bonchev–Trinajstić information content (AvgIpc) is 2.66. The molecule has 0 saturated carbocycles. The molecule has 1 aliphatic rings. The van der Waals surface area contributed by atoms with Gasteiger partial charge in [0.25, 0.3) is 0 Å². The zero-order valence-corrected chi connectivity index (χ0v) is 16.6. The number of sulfone groups is 1.